The Hall–Kier alpha value is -1.94. The third kappa shape index (κ3) is 2.08. The Morgan fingerprint density at radius 2 is 2.05 bits per heavy atom. The molecule has 3 nitrogen and oxygen atoms in total. The third-order valence-corrected chi connectivity index (χ3v) is 3.81. The molecule has 0 bridgehead atoms. The number of nitrogens with zero attached hydrogens (tertiary/aromatic N) is 2. The Kier molecular flexibility index (Phi) is 2.95. The number of aromatic nitrogens is 3. The number of aryl methyl sites for hydroxylation is 2. The van der Waals surface area contributed by atoms with Gasteiger partial charge in [-0.3, -0.25) is 4.98 Å². The summed E-state index contributed by atoms with van der Waals surface area (Å²) in [4.78, 5) is 7.43. The first-order chi connectivity index (χ1) is 9.16. The van der Waals surface area contributed by atoms with Crippen LogP contribution in [0.5, 0.6) is 0 Å². The van der Waals surface area contributed by atoms with Crippen LogP contribution in [-0.4, -0.2) is 14.5 Å². The van der Waals surface area contributed by atoms with Gasteiger partial charge in [-0.1, -0.05) is 12.1 Å². The van der Waals surface area contributed by atoms with E-state index in [1.54, 1.807) is 0 Å². The predicted molar refractivity (Wildman–Crippen MR) is 79.9 cm³/mol. The van der Waals surface area contributed by atoms with E-state index in [9.17, 15) is 0 Å². The van der Waals surface area contributed by atoms with Gasteiger partial charge in [0, 0.05) is 12.4 Å². The monoisotopic (exact) mass is 269 g/mol. The van der Waals surface area contributed by atoms with Gasteiger partial charge in [0.25, 0.3) is 0 Å². The lowest BCUT2D eigenvalue weighted by Crippen LogP contribution is -2.01. The lowest BCUT2D eigenvalue weighted by molar-refractivity contribution is 0.803. The fraction of sp³-hybridized carbons (Fsp3) is 0.200. The lowest BCUT2D eigenvalue weighted by Gasteiger charge is -2.07. The Morgan fingerprint density at radius 1 is 1.21 bits per heavy atom. The second-order valence-corrected chi connectivity index (χ2v) is 5.17. The minimum absolute atomic E-state index is 0.764. The maximum Gasteiger partial charge on any atom is 0.178 e. The molecule has 3 rings (SSSR count). The Balaban J connectivity index is 2.16. The molecule has 0 spiro atoms. The number of fused-ring (bicyclic) bond motifs is 1. The van der Waals surface area contributed by atoms with Gasteiger partial charge >= 0.3 is 0 Å². The van der Waals surface area contributed by atoms with E-state index < -0.39 is 0 Å². The van der Waals surface area contributed by atoms with Crippen LogP contribution in [0.25, 0.3) is 11.0 Å². The molecule has 0 saturated heterocycles. The topological polar surface area (TPSA) is 33.6 Å². The van der Waals surface area contributed by atoms with E-state index in [4.69, 9.17) is 12.2 Å². The standard InChI is InChI=1S/C15H15N3S/c1-10-4-3-5-13-14(10)17-15(19)18(13)9-12-6-7-16-8-11(12)2/h3-8H,9H2,1-2H3,(H,17,19). The van der Waals surface area contributed by atoms with E-state index >= 15 is 0 Å². The number of para-hydroxylation sites is 1. The van der Waals surface area contributed by atoms with Gasteiger partial charge in [-0.15, -0.1) is 0 Å². The molecule has 96 valence electrons. The van der Waals surface area contributed by atoms with Crippen molar-refractivity contribution in [2.45, 2.75) is 20.4 Å². The molecule has 4 heteroatoms. The molecule has 0 amide bonds. The van der Waals surface area contributed by atoms with Gasteiger partial charge in [-0.2, -0.15) is 0 Å². The smallest absolute Gasteiger partial charge is 0.178 e. The second kappa shape index (κ2) is 4.63. The average Bonchev–Trinajstić information content (AvgIpc) is 2.71. The molecule has 0 atom stereocenters. The zero-order valence-electron chi connectivity index (χ0n) is 11.0. The third-order valence-electron chi connectivity index (χ3n) is 3.48. The van der Waals surface area contributed by atoms with E-state index in [-0.39, 0.29) is 0 Å². The molecule has 1 aromatic carbocycles. The summed E-state index contributed by atoms with van der Waals surface area (Å²) in [6, 6.07) is 8.31. The Labute approximate surface area is 116 Å². The zero-order chi connectivity index (χ0) is 13.4. The Bertz CT molecular complexity index is 799. The maximum absolute atomic E-state index is 5.45. The van der Waals surface area contributed by atoms with Crippen molar-refractivity contribution in [1.82, 2.24) is 14.5 Å². The van der Waals surface area contributed by atoms with Crippen LogP contribution in [0.1, 0.15) is 16.7 Å². The molecule has 0 saturated carbocycles. The molecule has 3 aromatic rings. The van der Waals surface area contributed by atoms with Crippen molar-refractivity contribution in [3.05, 3.63) is 58.1 Å². The number of nitrogens with one attached hydrogen (secondary N) is 1. The maximum atomic E-state index is 5.45. The summed E-state index contributed by atoms with van der Waals surface area (Å²) in [6.45, 7) is 4.94. The van der Waals surface area contributed by atoms with E-state index in [2.05, 4.69) is 46.6 Å². The second-order valence-electron chi connectivity index (χ2n) is 4.79. The first-order valence-electron chi connectivity index (χ1n) is 6.24. The van der Waals surface area contributed by atoms with Crippen LogP contribution in [0, 0.1) is 18.6 Å². The van der Waals surface area contributed by atoms with Crippen LogP contribution in [0.2, 0.25) is 0 Å². The van der Waals surface area contributed by atoms with Crippen LogP contribution in [0.4, 0.5) is 0 Å². The highest BCUT2D eigenvalue weighted by molar-refractivity contribution is 7.71. The highest BCUT2D eigenvalue weighted by Gasteiger charge is 2.07. The van der Waals surface area contributed by atoms with Crippen molar-refractivity contribution in [2.75, 3.05) is 0 Å². The molecule has 0 aliphatic carbocycles. The number of hydrogen-bond acceptors (Lipinski definition) is 2. The molecule has 0 aliphatic heterocycles. The minimum atomic E-state index is 0.764. The number of aromatic amines is 1. The van der Waals surface area contributed by atoms with Crippen LogP contribution >= 0.6 is 12.2 Å². The highest BCUT2D eigenvalue weighted by atomic mass is 32.1. The van der Waals surface area contributed by atoms with Crippen molar-refractivity contribution in [3.8, 4) is 0 Å². The van der Waals surface area contributed by atoms with Gasteiger partial charge in [0.1, 0.15) is 0 Å². The molecule has 0 fully saturated rings. The van der Waals surface area contributed by atoms with E-state index in [0.717, 1.165) is 22.3 Å². The number of pyridine rings is 1. The first-order valence-corrected chi connectivity index (χ1v) is 6.65. The molecular formula is C15H15N3S. The summed E-state index contributed by atoms with van der Waals surface area (Å²) in [5.74, 6) is 0. The van der Waals surface area contributed by atoms with Gasteiger partial charge in [0.05, 0.1) is 17.6 Å². The van der Waals surface area contributed by atoms with Crippen molar-refractivity contribution in [3.63, 3.8) is 0 Å². The van der Waals surface area contributed by atoms with Crippen LogP contribution < -0.4 is 0 Å². The number of rotatable bonds is 2. The molecule has 0 aliphatic rings. The number of hydrogen-bond donors (Lipinski definition) is 1. The number of benzene rings is 1. The van der Waals surface area contributed by atoms with Crippen molar-refractivity contribution < 1.29 is 0 Å². The minimum Gasteiger partial charge on any atom is -0.330 e. The van der Waals surface area contributed by atoms with Gasteiger partial charge in [0.2, 0.25) is 0 Å². The molecule has 0 radical (unpaired) electrons. The van der Waals surface area contributed by atoms with Crippen molar-refractivity contribution in [2.24, 2.45) is 0 Å². The molecule has 1 N–H and O–H groups in total. The van der Waals surface area contributed by atoms with E-state index in [1.165, 1.54) is 16.7 Å². The highest BCUT2D eigenvalue weighted by Crippen LogP contribution is 2.19. The summed E-state index contributed by atoms with van der Waals surface area (Å²) in [5, 5.41) is 0. The van der Waals surface area contributed by atoms with Gasteiger partial charge in [0.15, 0.2) is 4.77 Å². The van der Waals surface area contributed by atoms with Crippen LogP contribution in [-0.2, 0) is 6.54 Å². The SMILES string of the molecule is Cc1cnccc1Cn1c(=S)[nH]c2c(C)cccc21. The normalized spacial score (nSPS) is 11.1. The molecule has 0 unspecified atom stereocenters. The summed E-state index contributed by atoms with van der Waals surface area (Å²) >= 11 is 5.45. The summed E-state index contributed by atoms with van der Waals surface area (Å²) in [7, 11) is 0. The predicted octanol–water partition coefficient (Wildman–Crippen LogP) is 3.76. The first kappa shape index (κ1) is 12.1. The lowest BCUT2D eigenvalue weighted by atomic mass is 10.1. The average molecular weight is 269 g/mol. The largest absolute Gasteiger partial charge is 0.330 e. The van der Waals surface area contributed by atoms with Gasteiger partial charge < -0.3 is 9.55 Å². The number of H-pyrrole nitrogens is 1. The number of imidazole rings is 1. The molecular weight excluding hydrogens is 254 g/mol. The quantitative estimate of drug-likeness (QED) is 0.719. The summed E-state index contributed by atoms with van der Waals surface area (Å²) in [6.07, 6.45) is 3.71. The van der Waals surface area contributed by atoms with Crippen LogP contribution in [0.15, 0.2) is 36.7 Å². The fourth-order valence-corrected chi connectivity index (χ4v) is 2.60. The van der Waals surface area contributed by atoms with Crippen molar-refractivity contribution in [1.29, 1.82) is 0 Å². The van der Waals surface area contributed by atoms with E-state index in [0.29, 0.717) is 0 Å². The fourth-order valence-electron chi connectivity index (χ4n) is 2.33. The van der Waals surface area contributed by atoms with Crippen LogP contribution in [0.3, 0.4) is 0 Å². The zero-order valence-corrected chi connectivity index (χ0v) is 11.8. The van der Waals surface area contributed by atoms with E-state index in [1.807, 2.05) is 18.5 Å². The van der Waals surface area contributed by atoms with Crippen molar-refractivity contribution >= 4 is 23.3 Å². The summed E-state index contributed by atoms with van der Waals surface area (Å²) in [5.41, 5.74) is 5.93. The molecule has 19 heavy (non-hydrogen) atoms. The molecule has 2 heterocycles. The summed E-state index contributed by atoms with van der Waals surface area (Å²) < 4.78 is 2.90. The Morgan fingerprint density at radius 3 is 2.84 bits per heavy atom. The molecule has 2 aromatic heterocycles. The van der Waals surface area contributed by atoms with Gasteiger partial charge in [-0.05, 0) is 54.9 Å². The van der Waals surface area contributed by atoms with Gasteiger partial charge in [-0.25, -0.2) is 0 Å².